The summed E-state index contributed by atoms with van der Waals surface area (Å²) in [6.07, 6.45) is -0.0287. The van der Waals surface area contributed by atoms with Gasteiger partial charge in [-0.25, -0.2) is 4.79 Å². The van der Waals surface area contributed by atoms with Crippen LogP contribution in [0.15, 0.2) is 16.5 Å². The van der Waals surface area contributed by atoms with Gasteiger partial charge in [0.05, 0.1) is 13.2 Å². The van der Waals surface area contributed by atoms with E-state index in [9.17, 15) is 9.59 Å². The Labute approximate surface area is 93.3 Å². The molecule has 0 unspecified atom stereocenters. The Morgan fingerprint density at radius 2 is 1.94 bits per heavy atom. The number of furan rings is 1. The second-order valence-electron chi connectivity index (χ2n) is 3.44. The van der Waals surface area contributed by atoms with Crippen LogP contribution in [0.5, 0.6) is 0 Å². The Bertz CT molecular complexity index is 377. The molecule has 0 aromatic carbocycles. The lowest BCUT2D eigenvalue weighted by atomic mass is 10.3. The zero-order chi connectivity index (χ0) is 12.1. The molecule has 0 radical (unpaired) electrons. The van der Waals surface area contributed by atoms with Gasteiger partial charge in [-0.05, 0) is 26.0 Å². The van der Waals surface area contributed by atoms with E-state index in [1.165, 1.54) is 19.2 Å². The number of ketones is 1. The summed E-state index contributed by atoms with van der Waals surface area (Å²) in [7, 11) is 1.24. The summed E-state index contributed by atoms with van der Waals surface area (Å²) < 4.78 is 14.6. The second-order valence-corrected chi connectivity index (χ2v) is 3.44. The van der Waals surface area contributed by atoms with Crippen molar-refractivity contribution in [2.24, 2.45) is 0 Å². The lowest BCUT2D eigenvalue weighted by molar-refractivity contribution is 0.0533. The molecule has 88 valence electrons. The average molecular weight is 226 g/mol. The van der Waals surface area contributed by atoms with Gasteiger partial charge in [-0.2, -0.15) is 0 Å². The molecule has 0 aliphatic rings. The van der Waals surface area contributed by atoms with Crippen LogP contribution in [0.25, 0.3) is 0 Å². The number of methoxy groups -OCH3 is 1. The van der Waals surface area contributed by atoms with Crippen molar-refractivity contribution < 1.29 is 23.5 Å². The molecular formula is C11H14O5. The van der Waals surface area contributed by atoms with E-state index < -0.39 is 5.97 Å². The van der Waals surface area contributed by atoms with Crippen LogP contribution in [0.3, 0.4) is 0 Å². The molecule has 0 aliphatic carbocycles. The van der Waals surface area contributed by atoms with Crippen LogP contribution in [0, 0.1) is 0 Å². The van der Waals surface area contributed by atoms with Crippen molar-refractivity contribution in [3.05, 3.63) is 23.7 Å². The molecule has 5 nitrogen and oxygen atoms in total. The molecule has 0 amide bonds. The van der Waals surface area contributed by atoms with Crippen molar-refractivity contribution in [3.63, 3.8) is 0 Å². The van der Waals surface area contributed by atoms with Gasteiger partial charge in [-0.3, -0.25) is 4.79 Å². The number of hydrogen-bond acceptors (Lipinski definition) is 5. The molecule has 1 heterocycles. The first-order valence-electron chi connectivity index (χ1n) is 4.87. The number of carbonyl (C=O) groups excluding carboxylic acids is 2. The third-order valence-corrected chi connectivity index (χ3v) is 1.82. The van der Waals surface area contributed by atoms with Gasteiger partial charge in [-0.15, -0.1) is 0 Å². The fraction of sp³-hybridized carbons (Fsp3) is 0.455. The monoisotopic (exact) mass is 226 g/mol. The lowest BCUT2D eigenvalue weighted by Gasteiger charge is -2.04. The molecule has 5 heteroatoms. The van der Waals surface area contributed by atoms with E-state index in [0.717, 1.165) is 0 Å². The number of esters is 1. The largest absolute Gasteiger partial charge is 0.463 e. The zero-order valence-electron chi connectivity index (χ0n) is 9.48. The molecule has 0 N–H and O–H groups in total. The summed E-state index contributed by atoms with van der Waals surface area (Å²) in [5, 5.41) is 0. The van der Waals surface area contributed by atoms with E-state index in [-0.39, 0.29) is 30.0 Å². The molecule has 0 saturated carbocycles. The summed E-state index contributed by atoms with van der Waals surface area (Å²) in [5.74, 6) is -0.802. The fourth-order valence-electron chi connectivity index (χ4n) is 1.01. The second kappa shape index (κ2) is 5.46. The maximum absolute atomic E-state index is 11.5. The highest BCUT2D eigenvalue weighted by molar-refractivity contribution is 5.96. The van der Waals surface area contributed by atoms with E-state index in [2.05, 4.69) is 4.74 Å². The molecular weight excluding hydrogens is 212 g/mol. The summed E-state index contributed by atoms with van der Waals surface area (Å²) in [6.45, 7) is 3.59. The van der Waals surface area contributed by atoms with Crippen molar-refractivity contribution >= 4 is 11.8 Å². The van der Waals surface area contributed by atoms with Crippen LogP contribution in [0.4, 0.5) is 0 Å². The third kappa shape index (κ3) is 3.20. The highest BCUT2D eigenvalue weighted by Crippen LogP contribution is 2.10. The Hall–Kier alpha value is -1.62. The first kappa shape index (κ1) is 12.4. The Balaban J connectivity index is 2.63. The van der Waals surface area contributed by atoms with Crippen molar-refractivity contribution in [2.75, 3.05) is 13.7 Å². The van der Waals surface area contributed by atoms with E-state index >= 15 is 0 Å². The minimum Gasteiger partial charge on any atom is -0.463 e. The summed E-state index contributed by atoms with van der Waals surface area (Å²) in [5.41, 5.74) is 0. The van der Waals surface area contributed by atoms with Crippen LogP contribution in [0.1, 0.15) is 35.0 Å². The topological polar surface area (TPSA) is 65.7 Å². The van der Waals surface area contributed by atoms with Crippen LogP contribution >= 0.6 is 0 Å². The Morgan fingerprint density at radius 1 is 1.31 bits per heavy atom. The molecule has 1 aromatic heterocycles. The molecule has 0 bridgehead atoms. The van der Waals surface area contributed by atoms with Crippen LogP contribution in [-0.2, 0) is 9.47 Å². The van der Waals surface area contributed by atoms with Crippen molar-refractivity contribution in [1.82, 2.24) is 0 Å². The molecule has 0 saturated heterocycles. The first-order valence-corrected chi connectivity index (χ1v) is 4.87. The number of hydrogen-bond donors (Lipinski definition) is 0. The van der Waals surface area contributed by atoms with Crippen LogP contribution in [-0.4, -0.2) is 31.6 Å². The van der Waals surface area contributed by atoms with E-state index in [1.807, 2.05) is 13.8 Å². The van der Waals surface area contributed by atoms with Crippen LogP contribution < -0.4 is 0 Å². The van der Waals surface area contributed by atoms with Crippen molar-refractivity contribution in [1.29, 1.82) is 0 Å². The first-order chi connectivity index (χ1) is 7.54. The average Bonchev–Trinajstić information content (AvgIpc) is 2.74. The van der Waals surface area contributed by atoms with Gasteiger partial charge in [0.25, 0.3) is 0 Å². The lowest BCUT2D eigenvalue weighted by Crippen LogP contribution is -2.12. The number of carbonyl (C=O) groups is 2. The van der Waals surface area contributed by atoms with Crippen molar-refractivity contribution in [3.8, 4) is 0 Å². The number of rotatable bonds is 5. The maximum Gasteiger partial charge on any atom is 0.373 e. The van der Waals surface area contributed by atoms with E-state index in [0.29, 0.717) is 0 Å². The standard InChI is InChI=1S/C11H14O5/c1-7(2)15-6-8(12)9-4-5-10(16-9)11(13)14-3/h4-5,7H,6H2,1-3H3. The van der Waals surface area contributed by atoms with E-state index in [1.54, 1.807) is 0 Å². The molecule has 0 fully saturated rings. The number of ether oxygens (including phenoxy) is 2. The summed E-state index contributed by atoms with van der Waals surface area (Å²) in [6, 6.07) is 2.83. The van der Waals surface area contributed by atoms with Crippen LogP contribution in [0.2, 0.25) is 0 Å². The maximum atomic E-state index is 11.5. The fourth-order valence-corrected chi connectivity index (χ4v) is 1.01. The normalized spacial score (nSPS) is 10.5. The molecule has 0 atom stereocenters. The smallest absolute Gasteiger partial charge is 0.373 e. The predicted octanol–water partition coefficient (Wildman–Crippen LogP) is 1.67. The molecule has 1 rings (SSSR count). The molecule has 16 heavy (non-hydrogen) atoms. The minimum atomic E-state index is -0.608. The van der Waals surface area contributed by atoms with Gasteiger partial charge in [-0.1, -0.05) is 0 Å². The minimum absolute atomic E-state index is 0.00963. The number of Topliss-reactive ketones (excluding diaryl/α,β-unsaturated/α-hetero) is 1. The molecule has 0 aliphatic heterocycles. The highest BCUT2D eigenvalue weighted by Gasteiger charge is 2.16. The Morgan fingerprint density at radius 3 is 2.50 bits per heavy atom. The summed E-state index contributed by atoms with van der Waals surface area (Å²) >= 11 is 0. The van der Waals surface area contributed by atoms with E-state index in [4.69, 9.17) is 9.15 Å². The third-order valence-electron chi connectivity index (χ3n) is 1.82. The Kier molecular flexibility index (Phi) is 4.25. The van der Waals surface area contributed by atoms with Gasteiger partial charge in [0.1, 0.15) is 6.61 Å². The SMILES string of the molecule is COC(=O)c1ccc(C(=O)COC(C)C)o1. The van der Waals surface area contributed by atoms with Gasteiger partial charge in [0.2, 0.25) is 11.5 Å². The zero-order valence-corrected chi connectivity index (χ0v) is 9.48. The quantitative estimate of drug-likeness (QED) is 0.564. The van der Waals surface area contributed by atoms with Crippen molar-refractivity contribution in [2.45, 2.75) is 20.0 Å². The highest BCUT2D eigenvalue weighted by atomic mass is 16.5. The van der Waals surface area contributed by atoms with Gasteiger partial charge in [0, 0.05) is 0 Å². The van der Waals surface area contributed by atoms with Gasteiger partial charge >= 0.3 is 5.97 Å². The molecule has 1 aromatic rings. The summed E-state index contributed by atoms with van der Waals surface area (Å²) in [4.78, 5) is 22.6. The molecule has 0 spiro atoms. The van der Waals surface area contributed by atoms with Gasteiger partial charge in [0.15, 0.2) is 5.76 Å². The van der Waals surface area contributed by atoms with Gasteiger partial charge < -0.3 is 13.9 Å². The predicted molar refractivity (Wildman–Crippen MR) is 55.5 cm³/mol.